The molecular weight excluding hydrogens is 280 g/mol. The first kappa shape index (κ1) is 15.1. The minimum atomic E-state index is -3.96. The second kappa shape index (κ2) is 5.33. The lowest BCUT2D eigenvalue weighted by molar-refractivity contribution is 0.265. The van der Waals surface area contributed by atoms with Crippen LogP contribution in [0.25, 0.3) is 0 Å². The van der Waals surface area contributed by atoms with Crippen molar-refractivity contribution in [3.05, 3.63) is 24.3 Å². The molecule has 0 unspecified atom stereocenters. The van der Waals surface area contributed by atoms with E-state index in [1.54, 1.807) is 0 Å². The molecule has 18 heavy (non-hydrogen) atoms. The van der Waals surface area contributed by atoms with E-state index in [4.69, 9.17) is 10.2 Å². The number of hydrogen-bond donors (Lipinski definition) is 3. The SMILES string of the molecule is C[C@@H](CO)NS(=O)(=O)c1cccc(S(N)(=O)=O)c1. The lowest BCUT2D eigenvalue weighted by atomic mass is 10.4. The van der Waals surface area contributed by atoms with Gasteiger partial charge < -0.3 is 5.11 Å². The van der Waals surface area contributed by atoms with Crippen molar-refractivity contribution in [2.24, 2.45) is 5.14 Å². The van der Waals surface area contributed by atoms with Gasteiger partial charge in [-0.1, -0.05) is 6.07 Å². The highest BCUT2D eigenvalue weighted by molar-refractivity contribution is 7.90. The summed E-state index contributed by atoms with van der Waals surface area (Å²) in [5.41, 5.74) is 0. The van der Waals surface area contributed by atoms with E-state index < -0.39 is 26.1 Å². The molecule has 0 aliphatic carbocycles. The predicted octanol–water partition coefficient (Wildman–Crippen LogP) is -1.01. The highest BCUT2D eigenvalue weighted by Gasteiger charge is 2.19. The van der Waals surface area contributed by atoms with Gasteiger partial charge in [0.25, 0.3) is 0 Å². The van der Waals surface area contributed by atoms with Gasteiger partial charge in [0.15, 0.2) is 0 Å². The Morgan fingerprint density at radius 2 is 1.83 bits per heavy atom. The molecule has 1 aromatic rings. The van der Waals surface area contributed by atoms with Gasteiger partial charge in [0.05, 0.1) is 16.4 Å². The second-order valence-corrected chi connectivity index (χ2v) is 7.00. The van der Waals surface area contributed by atoms with Gasteiger partial charge in [0.2, 0.25) is 20.0 Å². The summed E-state index contributed by atoms with van der Waals surface area (Å²) in [6.07, 6.45) is 0. The molecule has 0 bridgehead atoms. The monoisotopic (exact) mass is 294 g/mol. The van der Waals surface area contributed by atoms with Crippen LogP contribution in [-0.4, -0.2) is 34.6 Å². The zero-order valence-electron chi connectivity index (χ0n) is 9.57. The van der Waals surface area contributed by atoms with Crippen molar-refractivity contribution in [1.82, 2.24) is 4.72 Å². The molecule has 9 heteroatoms. The van der Waals surface area contributed by atoms with E-state index in [1.165, 1.54) is 25.1 Å². The van der Waals surface area contributed by atoms with Gasteiger partial charge in [-0.05, 0) is 25.1 Å². The number of benzene rings is 1. The molecular formula is C9H14N2O5S2. The molecule has 0 radical (unpaired) electrons. The van der Waals surface area contributed by atoms with Crippen LogP contribution < -0.4 is 9.86 Å². The van der Waals surface area contributed by atoms with Gasteiger partial charge in [-0.3, -0.25) is 0 Å². The molecule has 0 aliphatic heterocycles. The zero-order chi connectivity index (χ0) is 14.0. The van der Waals surface area contributed by atoms with Crippen LogP contribution in [-0.2, 0) is 20.0 Å². The standard InChI is InChI=1S/C9H14N2O5S2/c1-7(6-12)11-18(15,16)9-4-2-3-8(5-9)17(10,13)14/h2-5,7,11-12H,6H2,1H3,(H2,10,13,14)/t7-/m0/s1. The Morgan fingerprint density at radius 1 is 1.28 bits per heavy atom. The molecule has 1 aromatic carbocycles. The summed E-state index contributed by atoms with van der Waals surface area (Å²) >= 11 is 0. The number of sulfonamides is 2. The Bertz CT molecular complexity index is 624. The minimum Gasteiger partial charge on any atom is -0.395 e. The molecule has 0 heterocycles. The molecule has 0 aliphatic rings. The average molecular weight is 294 g/mol. The highest BCUT2D eigenvalue weighted by Crippen LogP contribution is 2.14. The Kier molecular flexibility index (Phi) is 4.46. The maximum Gasteiger partial charge on any atom is 0.240 e. The van der Waals surface area contributed by atoms with E-state index in [0.717, 1.165) is 6.07 Å². The van der Waals surface area contributed by atoms with Crippen molar-refractivity contribution < 1.29 is 21.9 Å². The van der Waals surface area contributed by atoms with Crippen molar-refractivity contribution in [1.29, 1.82) is 0 Å². The number of aliphatic hydroxyl groups excluding tert-OH is 1. The van der Waals surface area contributed by atoms with Crippen LogP contribution in [0.4, 0.5) is 0 Å². The van der Waals surface area contributed by atoms with Crippen LogP contribution >= 0.6 is 0 Å². The van der Waals surface area contributed by atoms with E-state index in [9.17, 15) is 16.8 Å². The molecule has 4 N–H and O–H groups in total. The third-order valence-electron chi connectivity index (χ3n) is 2.07. The smallest absolute Gasteiger partial charge is 0.240 e. The third kappa shape index (κ3) is 3.75. The fourth-order valence-corrected chi connectivity index (χ4v) is 3.10. The largest absolute Gasteiger partial charge is 0.395 e. The van der Waals surface area contributed by atoms with Crippen LogP contribution in [0.1, 0.15) is 6.92 Å². The number of primary sulfonamides is 1. The van der Waals surface area contributed by atoms with Crippen LogP contribution in [0.15, 0.2) is 34.1 Å². The van der Waals surface area contributed by atoms with Crippen molar-refractivity contribution in [2.45, 2.75) is 22.8 Å². The zero-order valence-corrected chi connectivity index (χ0v) is 11.2. The quantitative estimate of drug-likeness (QED) is 0.641. The van der Waals surface area contributed by atoms with E-state index in [2.05, 4.69) is 4.72 Å². The van der Waals surface area contributed by atoms with Gasteiger partial charge in [-0.25, -0.2) is 26.7 Å². The topological polar surface area (TPSA) is 127 Å². The summed E-state index contributed by atoms with van der Waals surface area (Å²) in [7, 11) is -7.85. The van der Waals surface area contributed by atoms with Gasteiger partial charge in [0.1, 0.15) is 0 Å². The molecule has 0 fully saturated rings. The molecule has 0 aromatic heterocycles. The Morgan fingerprint density at radius 3 is 2.33 bits per heavy atom. The number of nitrogens with one attached hydrogen (secondary N) is 1. The molecule has 1 atom stereocenters. The van der Waals surface area contributed by atoms with Crippen LogP contribution in [0, 0.1) is 0 Å². The second-order valence-electron chi connectivity index (χ2n) is 3.72. The fraction of sp³-hybridized carbons (Fsp3) is 0.333. The van der Waals surface area contributed by atoms with Crippen molar-refractivity contribution >= 4 is 20.0 Å². The first-order chi connectivity index (χ1) is 8.16. The Balaban J connectivity index is 3.19. The van der Waals surface area contributed by atoms with Gasteiger partial charge in [-0.2, -0.15) is 0 Å². The lowest BCUT2D eigenvalue weighted by Crippen LogP contribution is -2.35. The van der Waals surface area contributed by atoms with E-state index in [-0.39, 0.29) is 16.4 Å². The lowest BCUT2D eigenvalue weighted by Gasteiger charge is -2.11. The molecule has 0 amide bonds. The first-order valence-electron chi connectivity index (χ1n) is 4.93. The number of rotatable bonds is 5. The number of nitrogens with two attached hydrogens (primary N) is 1. The van der Waals surface area contributed by atoms with Crippen molar-refractivity contribution in [3.8, 4) is 0 Å². The van der Waals surface area contributed by atoms with Gasteiger partial charge in [-0.15, -0.1) is 0 Å². The van der Waals surface area contributed by atoms with Crippen molar-refractivity contribution in [3.63, 3.8) is 0 Å². The third-order valence-corrected chi connectivity index (χ3v) is 4.57. The highest BCUT2D eigenvalue weighted by atomic mass is 32.2. The van der Waals surface area contributed by atoms with Crippen LogP contribution in [0.2, 0.25) is 0 Å². The molecule has 1 rings (SSSR count). The molecule has 0 saturated heterocycles. The fourth-order valence-electron chi connectivity index (χ4n) is 1.19. The number of hydrogen-bond acceptors (Lipinski definition) is 5. The van der Waals surface area contributed by atoms with Gasteiger partial charge >= 0.3 is 0 Å². The summed E-state index contributed by atoms with van der Waals surface area (Å²) in [4.78, 5) is -0.517. The summed E-state index contributed by atoms with van der Waals surface area (Å²) in [6.45, 7) is 1.11. The van der Waals surface area contributed by atoms with E-state index >= 15 is 0 Å². The number of aliphatic hydroxyl groups is 1. The first-order valence-corrected chi connectivity index (χ1v) is 7.96. The van der Waals surface area contributed by atoms with E-state index in [0.29, 0.717) is 0 Å². The van der Waals surface area contributed by atoms with E-state index in [1.807, 2.05) is 0 Å². The molecule has 0 saturated carbocycles. The Hall–Kier alpha value is -1.00. The maximum atomic E-state index is 11.8. The Labute approximate surface area is 106 Å². The summed E-state index contributed by atoms with van der Waals surface area (Å²) < 4.78 is 48.1. The molecule has 7 nitrogen and oxygen atoms in total. The molecule has 0 spiro atoms. The van der Waals surface area contributed by atoms with Gasteiger partial charge in [0, 0.05) is 6.04 Å². The van der Waals surface area contributed by atoms with Crippen LogP contribution in [0.5, 0.6) is 0 Å². The van der Waals surface area contributed by atoms with Crippen LogP contribution in [0.3, 0.4) is 0 Å². The maximum absolute atomic E-state index is 11.8. The van der Waals surface area contributed by atoms with Crippen molar-refractivity contribution in [2.75, 3.05) is 6.61 Å². The summed E-state index contributed by atoms with van der Waals surface area (Å²) in [6, 6.07) is 4.00. The minimum absolute atomic E-state index is 0.227. The predicted molar refractivity (Wildman–Crippen MR) is 64.7 cm³/mol. The molecule has 102 valence electrons. The summed E-state index contributed by atoms with van der Waals surface area (Å²) in [5, 5.41) is 13.7. The normalized spacial score (nSPS) is 14.4. The average Bonchev–Trinajstić information content (AvgIpc) is 2.27. The summed E-state index contributed by atoms with van der Waals surface area (Å²) in [5.74, 6) is 0.